The summed E-state index contributed by atoms with van der Waals surface area (Å²) in [6, 6.07) is 12.4. The Kier molecular flexibility index (Phi) is 7.92. The van der Waals surface area contributed by atoms with Gasteiger partial charge < -0.3 is 19.5 Å². The van der Waals surface area contributed by atoms with Gasteiger partial charge in [0.15, 0.2) is 0 Å². The topological polar surface area (TPSA) is 76.1 Å². The number of carbonyl (C=O) groups is 2. The average molecular weight is 452 g/mol. The third-order valence-electron chi connectivity index (χ3n) is 5.80. The summed E-state index contributed by atoms with van der Waals surface area (Å²) in [6.07, 6.45) is 0.884. The molecule has 1 fully saturated rings. The van der Waals surface area contributed by atoms with E-state index in [4.69, 9.17) is 9.47 Å². The van der Waals surface area contributed by atoms with Crippen molar-refractivity contribution in [1.29, 1.82) is 0 Å². The number of amides is 1. The fourth-order valence-electron chi connectivity index (χ4n) is 3.95. The first-order chi connectivity index (χ1) is 15.8. The van der Waals surface area contributed by atoms with Gasteiger partial charge in [0, 0.05) is 19.2 Å². The maximum Gasteiger partial charge on any atom is 0.295 e. The third-order valence-corrected chi connectivity index (χ3v) is 5.80. The molecule has 2 aromatic carbocycles. The smallest absolute Gasteiger partial charge is 0.295 e. The van der Waals surface area contributed by atoms with E-state index in [1.807, 2.05) is 31.2 Å². The van der Waals surface area contributed by atoms with Crippen LogP contribution in [0.5, 0.6) is 5.75 Å². The first kappa shape index (κ1) is 24.5. The van der Waals surface area contributed by atoms with Crippen LogP contribution >= 0.6 is 0 Å². The lowest BCUT2D eigenvalue weighted by Gasteiger charge is -2.25. The zero-order valence-corrected chi connectivity index (χ0v) is 20.1. The zero-order valence-electron chi connectivity index (χ0n) is 20.1. The Labute approximate surface area is 195 Å². The molecule has 1 N–H and O–H groups in total. The molecule has 0 aliphatic carbocycles. The van der Waals surface area contributed by atoms with Crippen molar-refractivity contribution in [3.05, 3.63) is 70.3 Å². The van der Waals surface area contributed by atoms with Crippen LogP contribution < -0.4 is 4.74 Å². The van der Waals surface area contributed by atoms with Crippen LogP contribution in [0.3, 0.4) is 0 Å². The molecule has 0 radical (unpaired) electrons. The Morgan fingerprint density at radius 2 is 1.82 bits per heavy atom. The van der Waals surface area contributed by atoms with Gasteiger partial charge >= 0.3 is 0 Å². The minimum atomic E-state index is -0.689. The predicted octanol–water partition coefficient (Wildman–Crippen LogP) is 4.66. The Balaban J connectivity index is 2.06. The van der Waals surface area contributed by atoms with Crippen molar-refractivity contribution in [3.63, 3.8) is 0 Å². The number of hydrogen-bond donors (Lipinski definition) is 1. The molecular weight excluding hydrogens is 418 g/mol. The number of methoxy groups -OCH3 is 1. The molecule has 1 unspecified atom stereocenters. The summed E-state index contributed by atoms with van der Waals surface area (Å²) in [5.74, 6) is -0.388. The summed E-state index contributed by atoms with van der Waals surface area (Å²) >= 11 is 0. The van der Waals surface area contributed by atoms with E-state index in [-0.39, 0.29) is 24.5 Å². The van der Waals surface area contributed by atoms with Gasteiger partial charge in [0.1, 0.15) is 11.5 Å². The van der Waals surface area contributed by atoms with Crippen molar-refractivity contribution < 1.29 is 24.2 Å². The molecule has 0 aromatic heterocycles. The highest BCUT2D eigenvalue weighted by Gasteiger charge is 2.45. The number of Topliss-reactive ketones (excluding diaryl/α,β-unsaturated/α-hetero) is 1. The predicted molar refractivity (Wildman–Crippen MR) is 128 cm³/mol. The second-order valence-electron chi connectivity index (χ2n) is 8.77. The van der Waals surface area contributed by atoms with E-state index in [0.717, 1.165) is 28.9 Å². The van der Waals surface area contributed by atoms with Gasteiger partial charge in [-0.3, -0.25) is 9.59 Å². The fourth-order valence-corrected chi connectivity index (χ4v) is 3.95. The molecule has 6 heteroatoms. The minimum absolute atomic E-state index is 0.0931. The molecule has 1 aliphatic rings. The maximum atomic E-state index is 13.1. The van der Waals surface area contributed by atoms with Crippen LogP contribution in [0.2, 0.25) is 0 Å². The molecule has 3 rings (SSSR count). The number of benzene rings is 2. The summed E-state index contributed by atoms with van der Waals surface area (Å²) in [5, 5.41) is 11.2. The molecule has 176 valence electrons. The van der Waals surface area contributed by atoms with Crippen molar-refractivity contribution in [2.75, 3.05) is 26.9 Å². The third kappa shape index (κ3) is 5.28. The minimum Gasteiger partial charge on any atom is -0.507 e. The summed E-state index contributed by atoms with van der Waals surface area (Å²) in [6.45, 7) is 9.23. The Bertz CT molecular complexity index is 1040. The normalized spacial score (nSPS) is 17.8. The highest BCUT2D eigenvalue weighted by Crippen LogP contribution is 2.39. The van der Waals surface area contributed by atoms with Gasteiger partial charge in [-0.25, -0.2) is 0 Å². The van der Waals surface area contributed by atoms with Gasteiger partial charge in [-0.05, 0) is 54.2 Å². The molecule has 0 spiro atoms. The van der Waals surface area contributed by atoms with E-state index in [2.05, 4.69) is 20.8 Å². The highest BCUT2D eigenvalue weighted by molar-refractivity contribution is 6.46. The molecular formula is C27H33NO5. The molecule has 0 saturated carbocycles. The van der Waals surface area contributed by atoms with E-state index in [0.29, 0.717) is 18.1 Å². The van der Waals surface area contributed by atoms with Gasteiger partial charge in [0.2, 0.25) is 0 Å². The van der Waals surface area contributed by atoms with E-state index < -0.39 is 17.7 Å². The largest absolute Gasteiger partial charge is 0.507 e. The maximum absolute atomic E-state index is 13.1. The Hall–Kier alpha value is -3.12. The van der Waals surface area contributed by atoms with Gasteiger partial charge in [-0.2, -0.15) is 0 Å². The Morgan fingerprint density at radius 1 is 1.12 bits per heavy atom. The lowest BCUT2D eigenvalue weighted by Crippen LogP contribution is -2.32. The number of hydrogen-bond acceptors (Lipinski definition) is 5. The molecule has 1 saturated heterocycles. The number of rotatable bonds is 9. The van der Waals surface area contributed by atoms with Crippen LogP contribution in [0.25, 0.3) is 5.76 Å². The molecule has 1 atom stereocenters. The van der Waals surface area contributed by atoms with E-state index in [1.165, 1.54) is 4.90 Å². The number of ether oxygens (including phenoxy) is 2. The molecule has 1 heterocycles. The van der Waals surface area contributed by atoms with Crippen LogP contribution in [0, 0.1) is 12.8 Å². The van der Waals surface area contributed by atoms with Crippen molar-refractivity contribution in [3.8, 4) is 5.75 Å². The Morgan fingerprint density at radius 3 is 2.39 bits per heavy atom. The van der Waals surface area contributed by atoms with Crippen LogP contribution in [0.1, 0.15) is 49.1 Å². The first-order valence-corrected chi connectivity index (χ1v) is 11.4. The monoisotopic (exact) mass is 451 g/mol. The standard InChI is InChI=1S/C27H33NO5/c1-6-19-7-9-20(10-8-19)24-23(26(30)27(31)28(24)13-14-32-5)25(29)21-11-12-22(18(4)15-21)33-16-17(2)3/h7-12,15,17,24,29H,6,13-14,16H2,1-5H3. The number of nitrogens with zero attached hydrogens (tertiary/aromatic N) is 1. The van der Waals surface area contributed by atoms with Crippen molar-refractivity contribution in [1.82, 2.24) is 4.90 Å². The second kappa shape index (κ2) is 10.7. The molecule has 33 heavy (non-hydrogen) atoms. The number of carbonyl (C=O) groups excluding carboxylic acids is 2. The van der Waals surface area contributed by atoms with E-state index in [1.54, 1.807) is 25.3 Å². The number of aliphatic hydroxyl groups is 1. The summed E-state index contributed by atoms with van der Waals surface area (Å²) in [4.78, 5) is 27.4. The quantitative estimate of drug-likeness (QED) is 0.341. The van der Waals surface area contributed by atoms with Crippen molar-refractivity contribution in [2.24, 2.45) is 5.92 Å². The molecule has 1 aliphatic heterocycles. The molecule has 0 bridgehead atoms. The fraction of sp³-hybridized carbons (Fsp3) is 0.407. The zero-order chi connectivity index (χ0) is 24.1. The van der Waals surface area contributed by atoms with Crippen LogP contribution in [0.15, 0.2) is 48.0 Å². The number of likely N-dealkylation sites (tertiary alicyclic amines) is 1. The van der Waals surface area contributed by atoms with E-state index in [9.17, 15) is 14.7 Å². The van der Waals surface area contributed by atoms with Gasteiger partial charge in [0.05, 0.1) is 24.8 Å². The number of aryl methyl sites for hydroxylation is 2. The van der Waals surface area contributed by atoms with Crippen LogP contribution in [-0.2, 0) is 20.7 Å². The summed E-state index contributed by atoms with van der Waals surface area (Å²) < 4.78 is 11.0. The number of ketones is 1. The molecule has 2 aromatic rings. The summed E-state index contributed by atoms with van der Waals surface area (Å²) in [7, 11) is 1.55. The van der Waals surface area contributed by atoms with Crippen molar-refractivity contribution >= 4 is 17.4 Å². The first-order valence-electron chi connectivity index (χ1n) is 11.4. The number of aliphatic hydroxyl groups excluding tert-OH is 1. The highest BCUT2D eigenvalue weighted by atomic mass is 16.5. The van der Waals surface area contributed by atoms with Crippen LogP contribution in [0.4, 0.5) is 0 Å². The molecule has 6 nitrogen and oxygen atoms in total. The van der Waals surface area contributed by atoms with E-state index >= 15 is 0 Å². The molecule has 1 amide bonds. The summed E-state index contributed by atoms with van der Waals surface area (Å²) in [5.41, 5.74) is 3.34. The SMILES string of the molecule is CCc1ccc(C2C(=C(O)c3ccc(OCC(C)C)c(C)c3)C(=O)C(=O)N2CCOC)cc1. The van der Waals surface area contributed by atoms with Gasteiger partial charge in [-0.15, -0.1) is 0 Å². The van der Waals surface area contributed by atoms with Gasteiger partial charge in [-0.1, -0.05) is 45.0 Å². The average Bonchev–Trinajstić information content (AvgIpc) is 3.06. The lowest BCUT2D eigenvalue weighted by molar-refractivity contribution is -0.140. The van der Waals surface area contributed by atoms with Gasteiger partial charge in [0.25, 0.3) is 11.7 Å². The van der Waals surface area contributed by atoms with Crippen molar-refractivity contribution in [2.45, 2.75) is 40.2 Å². The van der Waals surface area contributed by atoms with Crippen LogP contribution in [-0.4, -0.2) is 48.6 Å². The lowest BCUT2D eigenvalue weighted by atomic mass is 9.94. The second-order valence-corrected chi connectivity index (χ2v) is 8.77.